The summed E-state index contributed by atoms with van der Waals surface area (Å²) in [6.07, 6.45) is -0.334. The number of ether oxygens (including phenoxy) is 3. The van der Waals surface area contributed by atoms with Gasteiger partial charge in [-0.2, -0.15) is 0 Å². The van der Waals surface area contributed by atoms with Gasteiger partial charge in [0.05, 0.1) is 6.10 Å². The van der Waals surface area contributed by atoms with Gasteiger partial charge < -0.3 is 29.5 Å². The SMILES string of the molecule is CC(=O)OC1C(O)C(C)OC(Oc2c(O)c(C)c3c4c2[C@H](C)CC[C@@H]4[C@@H](C)C[C@@H]3C=C(C)C)C1O. The van der Waals surface area contributed by atoms with Crippen LogP contribution in [-0.4, -0.2) is 52.0 Å². The molecule has 3 aliphatic rings. The summed E-state index contributed by atoms with van der Waals surface area (Å²) in [5, 5.41) is 32.8. The Balaban J connectivity index is 1.82. The molecule has 194 valence electrons. The molecule has 2 aliphatic carbocycles. The van der Waals surface area contributed by atoms with Crippen LogP contribution < -0.4 is 4.74 Å². The Kier molecular flexibility index (Phi) is 7.24. The zero-order chi connectivity index (χ0) is 25.8. The molecule has 9 atom stereocenters. The summed E-state index contributed by atoms with van der Waals surface area (Å²) < 4.78 is 17.3. The fourth-order valence-corrected chi connectivity index (χ4v) is 6.45. The van der Waals surface area contributed by atoms with Gasteiger partial charge in [-0.25, -0.2) is 0 Å². The maximum absolute atomic E-state index is 11.6. The van der Waals surface area contributed by atoms with Crippen molar-refractivity contribution in [2.75, 3.05) is 0 Å². The fourth-order valence-electron chi connectivity index (χ4n) is 6.45. The van der Waals surface area contributed by atoms with Crippen LogP contribution in [0.1, 0.15) is 101 Å². The molecule has 0 aromatic heterocycles. The Bertz CT molecular complexity index is 1010. The Morgan fingerprint density at radius 1 is 1.03 bits per heavy atom. The standard InChI is InChI=1S/C28H40O7/c1-12(2)10-18-11-14(4)19-9-8-13(3)20-22(19)21(18)15(5)23(30)26(20)35-28-25(32)27(34-17(7)29)24(31)16(6)33-28/h10,13-14,16,18-19,24-25,27-28,30-32H,8-9,11H2,1-7H3/t13-,14+,16?,18+,19-,24?,25?,27?,28?/m1/s1. The highest BCUT2D eigenvalue weighted by Gasteiger charge is 2.48. The van der Waals surface area contributed by atoms with Crippen LogP contribution in [0.2, 0.25) is 0 Å². The van der Waals surface area contributed by atoms with E-state index in [1.54, 1.807) is 6.92 Å². The summed E-state index contributed by atoms with van der Waals surface area (Å²) in [4.78, 5) is 11.6. The summed E-state index contributed by atoms with van der Waals surface area (Å²) in [5.41, 5.74) is 5.50. The van der Waals surface area contributed by atoms with Crippen molar-refractivity contribution in [2.45, 2.75) is 116 Å². The molecule has 3 N–H and O–H groups in total. The number of rotatable bonds is 4. The van der Waals surface area contributed by atoms with Crippen molar-refractivity contribution in [3.8, 4) is 11.5 Å². The molecule has 7 nitrogen and oxygen atoms in total. The van der Waals surface area contributed by atoms with Crippen molar-refractivity contribution < 1.29 is 34.3 Å². The lowest BCUT2D eigenvalue weighted by Gasteiger charge is -2.45. The third kappa shape index (κ3) is 4.58. The number of aromatic hydroxyl groups is 1. The minimum absolute atomic E-state index is 0.0616. The fraction of sp³-hybridized carbons (Fsp3) is 0.679. The van der Waals surface area contributed by atoms with Gasteiger partial charge in [0.2, 0.25) is 6.29 Å². The number of carbonyl (C=O) groups is 1. The van der Waals surface area contributed by atoms with Crippen LogP contribution in [0.15, 0.2) is 11.6 Å². The van der Waals surface area contributed by atoms with Gasteiger partial charge in [0.25, 0.3) is 0 Å². The second-order valence-electron chi connectivity index (χ2n) is 11.1. The normalized spacial score (nSPS) is 36.2. The zero-order valence-electron chi connectivity index (χ0n) is 21.9. The number of aliphatic hydroxyl groups is 2. The average molecular weight is 489 g/mol. The molecule has 0 bridgehead atoms. The molecule has 7 heteroatoms. The summed E-state index contributed by atoms with van der Waals surface area (Å²) >= 11 is 0. The van der Waals surface area contributed by atoms with E-state index in [1.165, 1.54) is 23.6 Å². The van der Waals surface area contributed by atoms with Gasteiger partial charge >= 0.3 is 5.97 Å². The van der Waals surface area contributed by atoms with E-state index < -0.39 is 36.7 Å². The molecular formula is C28H40O7. The molecule has 0 saturated carbocycles. The van der Waals surface area contributed by atoms with Crippen LogP contribution in [0.5, 0.6) is 11.5 Å². The first-order valence-corrected chi connectivity index (χ1v) is 12.8. The molecule has 0 radical (unpaired) electrons. The Hall–Kier alpha value is -2.09. The predicted octanol–water partition coefficient (Wildman–Crippen LogP) is 4.55. The topological polar surface area (TPSA) is 105 Å². The van der Waals surface area contributed by atoms with E-state index in [0.29, 0.717) is 17.6 Å². The number of phenolic OH excluding ortho intramolecular Hbond substituents is 1. The van der Waals surface area contributed by atoms with Gasteiger partial charge in [-0.05, 0) is 81.4 Å². The zero-order valence-corrected chi connectivity index (χ0v) is 21.9. The van der Waals surface area contributed by atoms with Gasteiger partial charge in [-0.15, -0.1) is 0 Å². The molecule has 1 heterocycles. The summed E-state index contributed by atoms with van der Waals surface area (Å²) in [5.74, 6) is 1.04. The largest absolute Gasteiger partial charge is 0.504 e. The molecule has 4 rings (SSSR count). The van der Waals surface area contributed by atoms with Gasteiger partial charge in [-0.3, -0.25) is 4.79 Å². The van der Waals surface area contributed by atoms with Gasteiger partial charge in [0.1, 0.15) is 6.10 Å². The second kappa shape index (κ2) is 9.75. The maximum atomic E-state index is 11.6. The number of aliphatic hydroxyl groups excluding tert-OH is 2. The number of allylic oxidation sites excluding steroid dienone is 2. The molecule has 1 saturated heterocycles. The molecule has 1 fully saturated rings. The van der Waals surface area contributed by atoms with E-state index in [-0.39, 0.29) is 17.6 Å². The molecule has 5 unspecified atom stereocenters. The minimum Gasteiger partial charge on any atom is -0.504 e. The number of carbonyl (C=O) groups excluding carboxylic acids is 1. The molecule has 0 amide bonds. The van der Waals surface area contributed by atoms with Crippen molar-refractivity contribution in [3.63, 3.8) is 0 Å². The average Bonchev–Trinajstić information content (AvgIpc) is 2.76. The number of hydrogen-bond donors (Lipinski definition) is 3. The van der Waals surface area contributed by atoms with Crippen LogP contribution in [0.4, 0.5) is 0 Å². The van der Waals surface area contributed by atoms with E-state index in [0.717, 1.165) is 30.4 Å². The number of benzene rings is 1. The monoisotopic (exact) mass is 488 g/mol. The smallest absolute Gasteiger partial charge is 0.303 e. The Morgan fingerprint density at radius 2 is 1.71 bits per heavy atom. The Labute approximate surface area is 208 Å². The van der Waals surface area contributed by atoms with Gasteiger partial charge in [0.15, 0.2) is 23.7 Å². The lowest BCUT2D eigenvalue weighted by atomic mass is 9.62. The van der Waals surface area contributed by atoms with E-state index in [9.17, 15) is 20.1 Å². The van der Waals surface area contributed by atoms with Crippen LogP contribution >= 0.6 is 0 Å². The van der Waals surface area contributed by atoms with Crippen LogP contribution in [0.3, 0.4) is 0 Å². The summed E-state index contributed by atoms with van der Waals surface area (Å²) in [6.45, 7) is 13.5. The summed E-state index contributed by atoms with van der Waals surface area (Å²) in [6, 6.07) is 0. The second-order valence-corrected chi connectivity index (χ2v) is 11.1. The lowest BCUT2D eigenvalue weighted by molar-refractivity contribution is -0.272. The van der Waals surface area contributed by atoms with Crippen molar-refractivity contribution in [1.82, 2.24) is 0 Å². The third-order valence-electron chi connectivity index (χ3n) is 8.11. The van der Waals surface area contributed by atoms with E-state index in [1.807, 2.05) is 6.92 Å². The first-order valence-electron chi connectivity index (χ1n) is 12.8. The minimum atomic E-state index is -1.42. The van der Waals surface area contributed by atoms with Gasteiger partial charge in [-0.1, -0.05) is 25.5 Å². The van der Waals surface area contributed by atoms with E-state index >= 15 is 0 Å². The first kappa shape index (κ1) is 26.0. The third-order valence-corrected chi connectivity index (χ3v) is 8.11. The Morgan fingerprint density at radius 3 is 2.34 bits per heavy atom. The van der Waals surface area contributed by atoms with Crippen molar-refractivity contribution in [2.24, 2.45) is 5.92 Å². The molecule has 1 aliphatic heterocycles. The lowest BCUT2D eigenvalue weighted by Crippen LogP contribution is -2.59. The molecule has 1 aromatic carbocycles. The van der Waals surface area contributed by atoms with Crippen LogP contribution in [0.25, 0.3) is 0 Å². The van der Waals surface area contributed by atoms with Crippen molar-refractivity contribution >= 4 is 5.97 Å². The highest BCUT2D eigenvalue weighted by Crippen LogP contribution is 2.58. The highest BCUT2D eigenvalue weighted by atomic mass is 16.7. The summed E-state index contributed by atoms with van der Waals surface area (Å²) in [7, 11) is 0. The van der Waals surface area contributed by atoms with E-state index in [2.05, 4.69) is 33.8 Å². The van der Waals surface area contributed by atoms with Crippen molar-refractivity contribution in [3.05, 3.63) is 33.9 Å². The van der Waals surface area contributed by atoms with E-state index in [4.69, 9.17) is 14.2 Å². The highest BCUT2D eigenvalue weighted by molar-refractivity contribution is 5.66. The number of phenols is 1. The first-order chi connectivity index (χ1) is 16.4. The maximum Gasteiger partial charge on any atom is 0.303 e. The molecule has 1 aromatic rings. The molecular weight excluding hydrogens is 448 g/mol. The quantitative estimate of drug-likeness (QED) is 0.422. The molecule has 0 spiro atoms. The number of hydrogen-bond acceptors (Lipinski definition) is 7. The van der Waals surface area contributed by atoms with Crippen LogP contribution in [-0.2, 0) is 14.3 Å². The number of esters is 1. The predicted molar refractivity (Wildman–Crippen MR) is 132 cm³/mol. The molecule has 35 heavy (non-hydrogen) atoms. The van der Waals surface area contributed by atoms with Gasteiger partial charge in [0, 0.05) is 18.4 Å². The van der Waals surface area contributed by atoms with Crippen LogP contribution in [0, 0.1) is 12.8 Å². The van der Waals surface area contributed by atoms with Crippen molar-refractivity contribution in [1.29, 1.82) is 0 Å².